The lowest BCUT2D eigenvalue weighted by Crippen LogP contribution is -2.29. The number of nitrogens with zero attached hydrogens (tertiary/aromatic N) is 3. The van der Waals surface area contributed by atoms with Crippen LogP contribution in [-0.4, -0.2) is 39.8 Å². The van der Waals surface area contributed by atoms with Crippen LogP contribution >= 0.6 is 0 Å². The molecule has 0 aromatic carbocycles. The summed E-state index contributed by atoms with van der Waals surface area (Å²) in [4.78, 5) is 6.56. The molecule has 2 atom stereocenters. The molecule has 1 fully saturated rings. The van der Waals surface area contributed by atoms with Gasteiger partial charge in [0.1, 0.15) is 0 Å². The number of aromatic nitrogens is 2. The number of aliphatic hydroxyl groups is 1. The normalized spacial score (nSPS) is 23.4. The van der Waals surface area contributed by atoms with Crippen molar-refractivity contribution in [1.82, 2.24) is 15.0 Å². The summed E-state index contributed by atoms with van der Waals surface area (Å²) in [6, 6.07) is 0. The summed E-state index contributed by atoms with van der Waals surface area (Å²) in [5.74, 6) is 1.89. The van der Waals surface area contributed by atoms with Gasteiger partial charge in [-0.05, 0) is 32.2 Å². The first-order chi connectivity index (χ1) is 9.19. The molecule has 1 aromatic rings. The monoisotopic (exact) mass is 267 g/mol. The van der Waals surface area contributed by atoms with Gasteiger partial charge in [0.15, 0.2) is 5.82 Å². The van der Waals surface area contributed by atoms with Crippen molar-refractivity contribution in [1.29, 1.82) is 0 Å². The molecule has 1 saturated carbocycles. The van der Waals surface area contributed by atoms with Crippen LogP contribution in [0.3, 0.4) is 0 Å². The van der Waals surface area contributed by atoms with E-state index in [1.165, 1.54) is 0 Å². The van der Waals surface area contributed by atoms with Crippen LogP contribution in [0.15, 0.2) is 4.52 Å². The van der Waals surface area contributed by atoms with Crippen molar-refractivity contribution in [2.75, 3.05) is 13.6 Å². The number of hydrogen-bond acceptors (Lipinski definition) is 5. The zero-order chi connectivity index (χ0) is 13.7. The lowest BCUT2D eigenvalue weighted by molar-refractivity contribution is 0.104. The quantitative estimate of drug-likeness (QED) is 0.818. The molecule has 108 valence electrons. The molecule has 0 saturated heterocycles. The largest absolute Gasteiger partial charge is 0.393 e. The minimum absolute atomic E-state index is 0.134. The summed E-state index contributed by atoms with van der Waals surface area (Å²) in [5, 5.41) is 13.8. The molecule has 1 heterocycles. The van der Waals surface area contributed by atoms with E-state index < -0.39 is 0 Å². The fourth-order valence-electron chi connectivity index (χ4n) is 2.72. The molecule has 0 amide bonds. The van der Waals surface area contributed by atoms with Gasteiger partial charge in [0.05, 0.1) is 12.6 Å². The molecule has 19 heavy (non-hydrogen) atoms. The second kappa shape index (κ2) is 7.01. The van der Waals surface area contributed by atoms with Gasteiger partial charge >= 0.3 is 0 Å². The highest BCUT2D eigenvalue weighted by atomic mass is 16.5. The Morgan fingerprint density at radius 3 is 2.95 bits per heavy atom. The molecule has 2 rings (SSSR count). The van der Waals surface area contributed by atoms with Crippen LogP contribution in [0.1, 0.15) is 50.7 Å². The van der Waals surface area contributed by atoms with Gasteiger partial charge in [-0.15, -0.1) is 0 Å². The van der Waals surface area contributed by atoms with Gasteiger partial charge in [-0.3, -0.25) is 4.90 Å². The summed E-state index contributed by atoms with van der Waals surface area (Å²) in [6.45, 7) is 3.72. The first kappa shape index (κ1) is 14.5. The van der Waals surface area contributed by atoms with Crippen LogP contribution in [0.4, 0.5) is 0 Å². The van der Waals surface area contributed by atoms with Crippen LogP contribution < -0.4 is 0 Å². The fourth-order valence-corrected chi connectivity index (χ4v) is 2.72. The molecule has 0 radical (unpaired) electrons. The Labute approximate surface area is 115 Å². The van der Waals surface area contributed by atoms with E-state index in [0.29, 0.717) is 18.4 Å². The number of aliphatic hydroxyl groups excluding tert-OH is 1. The number of hydrogen-bond donors (Lipinski definition) is 1. The topological polar surface area (TPSA) is 62.4 Å². The Bertz CT molecular complexity index is 381. The standard InChI is InChI=1S/C14H25N3O2/c1-3-4-8-13-15-14(19-16-13)10-17(2)9-11-6-5-7-12(11)18/h11-12,18H,3-10H2,1-2H3. The lowest BCUT2D eigenvalue weighted by Gasteiger charge is -2.21. The Balaban J connectivity index is 1.78. The molecule has 1 N–H and O–H groups in total. The average Bonchev–Trinajstić information content (AvgIpc) is 2.97. The van der Waals surface area contributed by atoms with Gasteiger partial charge in [-0.1, -0.05) is 24.9 Å². The summed E-state index contributed by atoms with van der Waals surface area (Å²) in [6.07, 6.45) is 6.21. The maximum absolute atomic E-state index is 9.83. The van der Waals surface area contributed by atoms with Crippen LogP contribution in [0.25, 0.3) is 0 Å². The Hall–Kier alpha value is -0.940. The van der Waals surface area contributed by atoms with Crippen molar-refractivity contribution in [3.8, 4) is 0 Å². The third kappa shape index (κ3) is 4.28. The predicted octanol–water partition coefficient (Wildman–Crippen LogP) is 2.01. The summed E-state index contributed by atoms with van der Waals surface area (Å²) >= 11 is 0. The highest BCUT2D eigenvalue weighted by Gasteiger charge is 2.26. The van der Waals surface area contributed by atoms with Gasteiger partial charge in [-0.25, -0.2) is 0 Å². The number of unbranched alkanes of at least 4 members (excludes halogenated alkanes) is 1. The SMILES string of the molecule is CCCCc1noc(CN(C)CC2CCCC2O)n1. The molecule has 1 aliphatic rings. The predicted molar refractivity (Wildman–Crippen MR) is 72.6 cm³/mol. The zero-order valence-corrected chi connectivity index (χ0v) is 12.0. The van der Waals surface area contributed by atoms with E-state index in [0.717, 1.165) is 50.9 Å². The summed E-state index contributed by atoms with van der Waals surface area (Å²) < 4.78 is 5.26. The second-order valence-corrected chi connectivity index (χ2v) is 5.66. The van der Waals surface area contributed by atoms with Crippen molar-refractivity contribution < 1.29 is 9.63 Å². The molecule has 1 aliphatic carbocycles. The lowest BCUT2D eigenvalue weighted by atomic mass is 10.1. The van der Waals surface area contributed by atoms with E-state index in [1.54, 1.807) is 0 Å². The first-order valence-corrected chi connectivity index (χ1v) is 7.37. The van der Waals surface area contributed by atoms with E-state index in [9.17, 15) is 5.11 Å². The third-order valence-electron chi connectivity index (χ3n) is 3.83. The van der Waals surface area contributed by atoms with Gasteiger partial charge in [-0.2, -0.15) is 4.98 Å². The van der Waals surface area contributed by atoms with E-state index in [1.807, 2.05) is 7.05 Å². The van der Waals surface area contributed by atoms with Gasteiger partial charge in [0, 0.05) is 13.0 Å². The number of rotatable bonds is 7. The van der Waals surface area contributed by atoms with Crippen LogP contribution in [-0.2, 0) is 13.0 Å². The molecule has 5 nitrogen and oxygen atoms in total. The van der Waals surface area contributed by atoms with Crippen molar-refractivity contribution in [3.63, 3.8) is 0 Å². The highest BCUT2D eigenvalue weighted by molar-refractivity contribution is 4.87. The molecule has 0 bridgehead atoms. The zero-order valence-electron chi connectivity index (χ0n) is 12.0. The van der Waals surface area contributed by atoms with E-state index >= 15 is 0 Å². The Kier molecular flexibility index (Phi) is 5.34. The molecular weight excluding hydrogens is 242 g/mol. The minimum Gasteiger partial charge on any atom is -0.393 e. The smallest absolute Gasteiger partial charge is 0.240 e. The minimum atomic E-state index is -0.134. The number of aryl methyl sites for hydroxylation is 1. The van der Waals surface area contributed by atoms with Crippen molar-refractivity contribution in [3.05, 3.63) is 11.7 Å². The van der Waals surface area contributed by atoms with Crippen molar-refractivity contribution in [2.45, 2.75) is 58.1 Å². The van der Waals surface area contributed by atoms with E-state index in [2.05, 4.69) is 22.0 Å². The highest BCUT2D eigenvalue weighted by Crippen LogP contribution is 2.26. The fraction of sp³-hybridized carbons (Fsp3) is 0.857. The Morgan fingerprint density at radius 1 is 1.42 bits per heavy atom. The molecule has 2 unspecified atom stereocenters. The Morgan fingerprint density at radius 2 is 2.26 bits per heavy atom. The summed E-state index contributed by atoms with van der Waals surface area (Å²) in [5.41, 5.74) is 0. The maximum Gasteiger partial charge on any atom is 0.240 e. The molecule has 0 spiro atoms. The molecule has 5 heteroatoms. The third-order valence-corrected chi connectivity index (χ3v) is 3.83. The van der Waals surface area contributed by atoms with Gasteiger partial charge < -0.3 is 9.63 Å². The van der Waals surface area contributed by atoms with Gasteiger partial charge in [0.25, 0.3) is 0 Å². The van der Waals surface area contributed by atoms with Crippen LogP contribution in [0.5, 0.6) is 0 Å². The van der Waals surface area contributed by atoms with E-state index in [4.69, 9.17) is 4.52 Å². The summed E-state index contributed by atoms with van der Waals surface area (Å²) in [7, 11) is 2.04. The maximum atomic E-state index is 9.83. The average molecular weight is 267 g/mol. The molecule has 1 aromatic heterocycles. The van der Waals surface area contributed by atoms with Gasteiger partial charge in [0.2, 0.25) is 5.89 Å². The van der Waals surface area contributed by atoms with Crippen molar-refractivity contribution in [2.24, 2.45) is 5.92 Å². The first-order valence-electron chi connectivity index (χ1n) is 7.37. The molecular formula is C14H25N3O2. The van der Waals surface area contributed by atoms with E-state index in [-0.39, 0.29) is 6.10 Å². The van der Waals surface area contributed by atoms with Crippen LogP contribution in [0, 0.1) is 5.92 Å². The van der Waals surface area contributed by atoms with Crippen molar-refractivity contribution >= 4 is 0 Å². The van der Waals surface area contributed by atoms with Crippen LogP contribution in [0.2, 0.25) is 0 Å². The second-order valence-electron chi connectivity index (χ2n) is 5.66. The molecule has 0 aliphatic heterocycles.